The van der Waals surface area contributed by atoms with Crippen molar-refractivity contribution >= 4 is 47.8 Å². The van der Waals surface area contributed by atoms with Gasteiger partial charge in [0, 0.05) is 51.4 Å². The van der Waals surface area contributed by atoms with Gasteiger partial charge in [-0.25, -0.2) is 0 Å². The number of ether oxygens (including phenoxy) is 11. The van der Waals surface area contributed by atoms with E-state index in [1.54, 1.807) is 0 Å². The monoisotopic (exact) mass is 790 g/mol. The molecule has 2 aliphatic rings. The Morgan fingerprint density at radius 1 is 0.345 bits per heavy atom. The predicted molar refractivity (Wildman–Crippen MR) is 182 cm³/mol. The molecule has 2 heterocycles. The Kier molecular flexibility index (Phi) is 20.0. The molecular weight excluding hydrogens is 736 g/mol. The second kappa shape index (κ2) is 23.5. The lowest BCUT2D eigenvalue weighted by Gasteiger charge is -2.48. The van der Waals surface area contributed by atoms with Gasteiger partial charge in [-0.3, -0.25) is 38.4 Å². The zero-order valence-corrected chi connectivity index (χ0v) is 32.6. The average molecular weight is 791 g/mol. The Morgan fingerprint density at radius 3 is 1.04 bits per heavy atom. The van der Waals surface area contributed by atoms with Crippen LogP contribution in [0, 0.1) is 0 Å². The van der Waals surface area contributed by atoms with Gasteiger partial charge in [0.2, 0.25) is 12.4 Å². The Hall–Kier alpha value is -4.36. The predicted octanol–water partition coefficient (Wildman–Crippen LogP) is 2.29. The molecule has 2 saturated heterocycles. The standard InChI is InChI=1S/C36H54O19/c1-9-21(37)45-17-19-29(49-23(39)11-3)31(50-24(40)12-4)34(53-27(43)15-7)36(48-19)55-30-20(18-46-22(38)10-2)47-35(54-28(44)16-8)33(52-26(42)14-6)32(30)51-25(41)13-5/h19-20,29-36H,9-18H2,1-8H3/t19-,20-,29-,30-,31+,32+,33-,34-,35+,36-/m1/s1. The molecule has 0 N–H and O–H groups in total. The Bertz CT molecular complexity index is 1330. The van der Waals surface area contributed by atoms with Crippen molar-refractivity contribution in [2.45, 2.75) is 168 Å². The minimum Gasteiger partial charge on any atom is -0.463 e. The van der Waals surface area contributed by atoms with Crippen molar-refractivity contribution in [2.24, 2.45) is 0 Å². The molecule has 312 valence electrons. The molecule has 0 aliphatic carbocycles. The van der Waals surface area contributed by atoms with Gasteiger partial charge < -0.3 is 52.1 Å². The van der Waals surface area contributed by atoms with Crippen LogP contribution < -0.4 is 0 Å². The average Bonchev–Trinajstić information content (AvgIpc) is 3.19. The molecule has 0 aromatic heterocycles. The smallest absolute Gasteiger partial charge is 0.307 e. The van der Waals surface area contributed by atoms with Crippen LogP contribution in [0.2, 0.25) is 0 Å². The molecule has 10 atom stereocenters. The molecule has 0 unspecified atom stereocenters. The highest BCUT2D eigenvalue weighted by Crippen LogP contribution is 2.36. The zero-order chi connectivity index (χ0) is 41.2. The maximum Gasteiger partial charge on any atom is 0.307 e. The topological polar surface area (TPSA) is 238 Å². The van der Waals surface area contributed by atoms with Gasteiger partial charge in [-0.15, -0.1) is 0 Å². The molecule has 2 aliphatic heterocycles. The maximum absolute atomic E-state index is 13.0. The second-order valence-electron chi connectivity index (χ2n) is 12.1. The second-order valence-corrected chi connectivity index (χ2v) is 12.1. The van der Waals surface area contributed by atoms with E-state index in [-0.39, 0.29) is 51.4 Å². The van der Waals surface area contributed by atoms with Crippen molar-refractivity contribution in [3.05, 3.63) is 0 Å². The van der Waals surface area contributed by atoms with E-state index in [1.807, 2.05) is 0 Å². The summed E-state index contributed by atoms with van der Waals surface area (Å²) in [6.07, 6.45) is -17.3. The van der Waals surface area contributed by atoms with Crippen molar-refractivity contribution in [3.63, 3.8) is 0 Å². The van der Waals surface area contributed by atoms with Gasteiger partial charge in [-0.2, -0.15) is 0 Å². The summed E-state index contributed by atoms with van der Waals surface area (Å²) in [6.45, 7) is 10.8. The van der Waals surface area contributed by atoms with E-state index >= 15 is 0 Å². The Morgan fingerprint density at radius 2 is 0.636 bits per heavy atom. The molecule has 19 heteroatoms. The number of rotatable bonds is 20. The Balaban J connectivity index is 2.87. The normalized spacial score (nSPS) is 27.4. The summed E-state index contributed by atoms with van der Waals surface area (Å²) in [7, 11) is 0. The van der Waals surface area contributed by atoms with Crippen molar-refractivity contribution < 1.29 is 90.5 Å². The molecule has 55 heavy (non-hydrogen) atoms. The van der Waals surface area contributed by atoms with Crippen LogP contribution in [-0.4, -0.2) is 122 Å². The summed E-state index contributed by atoms with van der Waals surface area (Å²) in [5.74, 6) is -6.18. The lowest BCUT2D eigenvalue weighted by Crippen LogP contribution is -2.67. The summed E-state index contributed by atoms with van der Waals surface area (Å²) in [5.41, 5.74) is 0. The number of carbonyl (C=O) groups excluding carboxylic acids is 8. The van der Waals surface area contributed by atoms with Crippen LogP contribution >= 0.6 is 0 Å². The highest BCUT2D eigenvalue weighted by atomic mass is 16.8. The van der Waals surface area contributed by atoms with Crippen molar-refractivity contribution in [3.8, 4) is 0 Å². The van der Waals surface area contributed by atoms with Gasteiger partial charge in [-0.05, 0) is 0 Å². The molecule has 0 radical (unpaired) electrons. The van der Waals surface area contributed by atoms with Crippen LogP contribution in [0.1, 0.15) is 107 Å². The maximum atomic E-state index is 13.0. The lowest BCUT2D eigenvalue weighted by molar-refractivity contribution is -0.358. The molecular formula is C36H54O19. The Labute approximate surface area is 319 Å². The fraction of sp³-hybridized carbons (Fsp3) is 0.778. The molecule has 19 nitrogen and oxygen atoms in total. The minimum absolute atomic E-state index is 0.0409. The van der Waals surface area contributed by atoms with Crippen molar-refractivity contribution in [1.82, 2.24) is 0 Å². The number of hydrogen-bond donors (Lipinski definition) is 0. The molecule has 0 spiro atoms. The highest BCUT2D eigenvalue weighted by Gasteiger charge is 2.58. The quantitative estimate of drug-likeness (QED) is 0.127. The van der Waals surface area contributed by atoms with Crippen molar-refractivity contribution in [1.29, 1.82) is 0 Å². The first kappa shape index (κ1) is 46.8. The summed E-state index contributed by atoms with van der Waals surface area (Å²) in [4.78, 5) is 101. The van der Waals surface area contributed by atoms with E-state index in [1.165, 1.54) is 55.4 Å². The largest absolute Gasteiger partial charge is 0.463 e. The van der Waals surface area contributed by atoms with Crippen LogP contribution in [0.3, 0.4) is 0 Å². The highest BCUT2D eigenvalue weighted by molar-refractivity contribution is 5.73. The van der Waals surface area contributed by atoms with Gasteiger partial charge >= 0.3 is 47.8 Å². The van der Waals surface area contributed by atoms with Gasteiger partial charge in [0.05, 0.1) is 0 Å². The SMILES string of the molecule is CCC(=O)OC[C@H]1O[C@H](O[C@H]2[C@H](OC(=O)CC)[C@@H](OC(=O)CC)[C@H](OC(=O)CC)O[C@@H]2COC(=O)CC)[C@H](OC(=O)CC)[C@@H](OC(=O)CC)[C@@H]1OC(=O)CC. The first-order valence-electron chi connectivity index (χ1n) is 18.6. The van der Waals surface area contributed by atoms with Gasteiger partial charge in [0.1, 0.15) is 31.5 Å². The molecule has 0 aromatic rings. The van der Waals surface area contributed by atoms with E-state index in [2.05, 4.69) is 0 Å². The van der Waals surface area contributed by atoms with Crippen LogP contribution in [0.5, 0.6) is 0 Å². The number of esters is 8. The molecule has 0 bridgehead atoms. The number of carbonyl (C=O) groups is 8. The summed E-state index contributed by atoms with van der Waals surface area (Å²) >= 11 is 0. The molecule has 0 aromatic carbocycles. The van der Waals surface area contributed by atoms with Gasteiger partial charge in [-0.1, -0.05) is 55.4 Å². The first-order valence-corrected chi connectivity index (χ1v) is 18.6. The third kappa shape index (κ3) is 14.0. The molecule has 2 rings (SSSR count). The third-order valence-electron chi connectivity index (χ3n) is 8.19. The fourth-order valence-electron chi connectivity index (χ4n) is 5.15. The lowest BCUT2D eigenvalue weighted by atomic mass is 9.95. The molecule has 0 saturated carbocycles. The summed E-state index contributed by atoms with van der Waals surface area (Å²) < 4.78 is 63.4. The van der Waals surface area contributed by atoms with Crippen molar-refractivity contribution in [2.75, 3.05) is 13.2 Å². The van der Waals surface area contributed by atoms with Crippen LogP contribution in [0.15, 0.2) is 0 Å². The van der Waals surface area contributed by atoms with E-state index in [9.17, 15) is 38.4 Å². The molecule has 2 fully saturated rings. The fourth-order valence-corrected chi connectivity index (χ4v) is 5.15. The molecule has 0 amide bonds. The summed E-state index contributed by atoms with van der Waals surface area (Å²) in [6, 6.07) is 0. The minimum atomic E-state index is -1.83. The summed E-state index contributed by atoms with van der Waals surface area (Å²) in [5, 5.41) is 0. The van der Waals surface area contributed by atoms with Crippen LogP contribution in [-0.2, 0) is 90.5 Å². The van der Waals surface area contributed by atoms with Gasteiger partial charge in [0.25, 0.3) is 0 Å². The first-order chi connectivity index (χ1) is 26.2. The number of hydrogen-bond acceptors (Lipinski definition) is 19. The van der Waals surface area contributed by atoms with E-state index in [4.69, 9.17) is 52.1 Å². The van der Waals surface area contributed by atoms with E-state index < -0.39 is 122 Å². The third-order valence-corrected chi connectivity index (χ3v) is 8.19. The van der Waals surface area contributed by atoms with Crippen LogP contribution in [0.25, 0.3) is 0 Å². The zero-order valence-electron chi connectivity index (χ0n) is 32.6. The van der Waals surface area contributed by atoms with Gasteiger partial charge in [0.15, 0.2) is 30.7 Å². The van der Waals surface area contributed by atoms with E-state index in [0.29, 0.717) is 0 Å². The van der Waals surface area contributed by atoms with E-state index in [0.717, 1.165) is 0 Å². The van der Waals surface area contributed by atoms with Crippen LogP contribution in [0.4, 0.5) is 0 Å².